The number of nitrogens with zero attached hydrogens (tertiary/aromatic N) is 3. The highest BCUT2D eigenvalue weighted by molar-refractivity contribution is 6.02. The van der Waals surface area contributed by atoms with Gasteiger partial charge in [0.15, 0.2) is 5.65 Å². The number of esters is 1. The molecule has 0 aliphatic carbocycles. The predicted octanol–water partition coefficient (Wildman–Crippen LogP) is 1.56. The number of aromatic nitrogens is 3. The van der Waals surface area contributed by atoms with Gasteiger partial charge in [0.2, 0.25) is 5.91 Å². The molecule has 0 aliphatic rings. The monoisotopic (exact) mass is 424 g/mol. The van der Waals surface area contributed by atoms with Crippen LogP contribution in [0, 0.1) is 6.92 Å². The topological polar surface area (TPSA) is 112 Å². The summed E-state index contributed by atoms with van der Waals surface area (Å²) < 4.78 is 6.86. The SMILES string of the molecule is COC(=O)c1cc(C)nc2c1c(=O)n(CC(=O)NC(C)(C)C)c(=O)n2-c1ccccc1. The Bertz CT molecular complexity index is 1280. The Kier molecular flexibility index (Phi) is 5.79. The molecular formula is C22H24N4O5. The number of benzene rings is 1. The number of hydrogen-bond donors (Lipinski definition) is 1. The van der Waals surface area contributed by atoms with E-state index in [9.17, 15) is 19.2 Å². The molecule has 162 valence electrons. The van der Waals surface area contributed by atoms with Crippen molar-refractivity contribution in [1.29, 1.82) is 0 Å². The van der Waals surface area contributed by atoms with Crippen molar-refractivity contribution in [2.75, 3.05) is 7.11 Å². The summed E-state index contributed by atoms with van der Waals surface area (Å²) in [5.41, 5.74) is -1.20. The number of para-hydroxylation sites is 1. The third-order valence-corrected chi connectivity index (χ3v) is 4.46. The number of rotatable bonds is 4. The smallest absolute Gasteiger partial charge is 0.338 e. The van der Waals surface area contributed by atoms with Gasteiger partial charge in [0.1, 0.15) is 6.54 Å². The van der Waals surface area contributed by atoms with E-state index in [0.717, 1.165) is 4.57 Å². The number of pyridine rings is 1. The lowest BCUT2D eigenvalue weighted by atomic mass is 10.1. The Balaban J connectivity index is 2.42. The summed E-state index contributed by atoms with van der Waals surface area (Å²) in [5.74, 6) is -1.25. The van der Waals surface area contributed by atoms with Crippen molar-refractivity contribution in [1.82, 2.24) is 19.4 Å². The van der Waals surface area contributed by atoms with E-state index in [0.29, 0.717) is 11.4 Å². The van der Waals surface area contributed by atoms with Crippen molar-refractivity contribution in [3.8, 4) is 5.69 Å². The molecular weight excluding hydrogens is 400 g/mol. The van der Waals surface area contributed by atoms with Gasteiger partial charge in [-0.1, -0.05) is 18.2 Å². The van der Waals surface area contributed by atoms with Gasteiger partial charge < -0.3 is 10.1 Å². The van der Waals surface area contributed by atoms with Crippen LogP contribution < -0.4 is 16.6 Å². The Hall–Kier alpha value is -3.75. The normalized spacial score (nSPS) is 11.4. The minimum Gasteiger partial charge on any atom is -0.465 e. The van der Waals surface area contributed by atoms with Crippen molar-refractivity contribution in [2.45, 2.75) is 39.8 Å². The highest BCUT2D eigenvalue weighted by Crippen LogP contribution is 2.18. The van der Waals surface area contributed by atoms with E-state index in [2.05, 4.69) is 10.3 Å². The Morgan fingerprint density at radius 1 is 1.13 bits per heavy atom. The summed E-state index contributed by atoms with van der Waals surface area (Å²) in [7, 11) is 1.20. The van der Waals surface area contributed by atoms with Crippen LogP contribution in [-0.4, -0.2) is 38.6 Å². The van der Waals surface area contributed by atoms with Gasteiger partial charge in [-0.05, 0) is 45.9 Å². The molecule has 2 aromatic heterocycles. The largest absolute Gasteiger partial charge is 0.465 e. The van der Waals surface area contributed by atoms with Gasteiger partial charge in [-0.15, -0.1) is 0 Å². The van der Waals surface area contributed by atoms with Gasteiger partial charge in [-0.25, -0.2) is 23.7 Å². The zero-order valence-electron chi connectivity index (χ0n) is 18.1. The van der Waals surface area contributed by atoms with Gasteiger partial charge in [0.25, 0.3) is 5.56 Å². The molecule has 0 saturated heterocycles. The highest BCUT2D eigenvalue weighted by Gasteiger charge is 2.24. The first-order chi connectivity index (χ1) is 14.5. The molecule has 0 aliphatic heterocycles. The summed E-state index contributed by atoms with van der Waals surface area (Å²) in [4.78, 5) is 56.0. The fraction of sp³-hybridized carbons (Fsp3) is 0.318. The van der Waals surface area contributed by atoms with Crippen LogP contribution in [0.2, 0.25) is 0 Å². The van der Waals surface area contributed by atoms with E-state index >= 15 is 0 Å². The first-order valence-corrected chi connectivity index (χ1v) is 9.65. The molecule has 0 radical (unpaired) electrons. The molecule has 2 heterocycles. The summed E-state index contributed by atoms with van der Waals surface area (Å²) in [6.07, 6.45) is 0. The average Bonchev–Trinajstić information content (AvgIpc) is 2.69. The molecule has 9 heteroatoms. The molecule has 9 nitrogen and oxygen atoms in total. The zero-order valence-corrected chi connectivity index (χ0v) is 18.1. The third-order valence-electron chi connectivity index (χ3n) is 4.46. The molecule has 3 aromatic rings. The van der Waals surface area contributed by atoms with E-state index < -0.39 is 35.2 Å². The number of hydrogen-bond acceptors (Lipinski definition) is 6. The van der Waals surface area contributed by atoms with E-state index in [1.165, 1.54) is 17.7 Å². The molecule has 31 heavy (non-hydrogen) atoms. The second-order valence-electron chi connectivity index (χ2n) is 8.14. The van der Waals surface area contributed by atoms with Crippen LogP contribution in [-0.2, 0) is 16.1 Å². The third kappa shape index (κ3) is 4.40. The molecule has 0 bridgehead atoms. The van der Waals surface area contributed by atoms with Gasteiger partial charge in [-0.3, -0.25) is 9.59 Å². The summed E-state index contributed by atoms with van der Waals surface area (Å²) in [6, 6.07) is 10.0. The lowest BCUT2D eigenvalue weighted by Crippen LogP contribution is -2.47. The zero-order chi connectivity index (χ0) is 22.9. The minimum absolute atomic E-state index is 0.0223. The number of ether oxygens (including phenoxy) is 1. The highest BCUT2D eigenvalue weighted by atomic mass is 16.5. The fourth-order valence-electron chi connectivity index (χ4n) is 3.28. The van der Waals surface area contributed by atoms with Crippen LogP contribution >= 0.6 is 0 Å². The predicted molar refractivity (Wildman–Crippen MR) is 116 cm³/mol. The molecule has 1 N–H and O–H groups in total. The molecule has 0 unspecified atom stereocenters. The summed E-state index contributed by atoms with van der Waals surface area (Å²) >= 11 is 0. The standard InChI is InChI=1S/C22H24N4O5/c1-13-11-15(20(29)31-5)17-18(23-13)26(14-9-7-6-8-10-14)21(30)25(19(17)28)12-16(27)24-22(2,3)4/h6-11H,12H2,1-5H3,(H,24,27). The van der Waals surface area contributed by atoms with Crippen molar-refractivity contribution in [2.24, 2.45) is 0 Å². The molecule has 1 amide bonds. The summed E-state index contributed by atoms with van der Waals surface area (Å²) in [6.45, 7) is 6.51. The number of carbonyl (C=O) groups excluding carboxylic acids is 2. The number of nitrogens with one attached hydrogen (secondary N) is 1. The van der Waals surface area contributed by atoms with Crippen molar-refractivity contribution >= 4 is 22.9 Å². The lowest BCUT2D eigenvalue weighted by Gasteiger charge is -2.21. The minimum atomic E-state index is -0.788. The summed E-state index contributed by atoms with van der Waals surface area (Å²) in [5, 5.41) is 2.64. The van der Waals surface area contributed by atoms with Crippen LogP contribution in [0.1, 0.15) is 36.8 Å². The fourth-order valence-corrected chi connectivity index (χ4v) is 3.28. The average molecular weight is 424 g/mol. The van der Waals surface area contributed by atoms with Crippen molar-refractivity contribution in [3.05, 3.63) is 68.5 Å². The van der Waals surface area contributed by atoms with Gasteiger partial charge >= 0.3 is 11.7 Å². The van der Waals surface area contributed by atoms with Crippen LogP contribution in [0.3, 0.4) is 0 Å². The van der Waals surface area contributed by atoms with Gasteiger partial charge in [0, 0.05) is 11.2 Å². The Morgan fingerprint density at radius 3 is 2.35 bits per heavy atom. The van der Waals surface area contributed by atoms with Crippen LogP contribution in [0.4, 0.5) is 0 Å². The second kappa shape index (κ2) is 8.17. The maximum absolute atomic E-state index is 13.4. The molecule has 0 saturated carbocycles. The van der Waals surface area contributed by atoms with E-state index in [1.54, 1.807) is 58.0 Å². The first-order valence-electron chi connectivity index (χ1n) is 9.65. The molecule has 0 atom stereocenters. The number of fused-ring (bicyclic) bond motifs is 1. The van der Waals surface area contributed by atoms with Crippen molar-refractivity contribution in [3.63, 3.8) is 0 Å². The number of amides is 1. The maximum atomic E-state index is 13.4. The molecule has 0 fully saturated rings. The maximum Gasteiger partial charge on any atom is 0.338 e. The number of methoxy groups -OCH3 is 1. The van der Waals surface area contributed by atoms with Crippen LogP contribution in [0.15, 0.2) is 46.0 Å². The van der Waals surface area contributed by atoms with Crippen LogP contribution in [0.5, 0.6) is 0 Å². The van der Waals surface area contributed by atoms with Gasteiger partial charge in [0.05, 0.1) is 23.7 Å². The van der Waals surface area contributed by atoms with E-state index in [1.807, 2.05) is 0 Å². The van der Waals surface area contributed by atoms with E-state index in [4.69, 9.17) is 4.74 Å². The molecule has 1 aromatic carbocycles. The van der Waals surface area contributed by atoms with Crippen LogP contribution in [0.25, 0.3) is 16.7 Å². The molecule has 0 spiro atoms. The number of carbonyl (C=O) groups is 2. The first kappa shape index (κ1) is 21.9. The number of aryl methyl sites for hydroxylation is 1. The second-order valence-corrected chi connectivity index (χ2v) is 8.14. The Morgan fingerprint density at radius 2 is 1.77 bits per heavy atom. The quantitative estimate of drug-likeness (QED) is 0.636. The Labute approximate surface area is 178 Å². The van der Waals surface area contributed by atoms with E-state index in [-0.39, 0.29) is 16.6 Å². The lowest BCUT2D eigenvalue weighted by molar-refractivity contribution is -0.123. The van der Waals surface area contributed by atoms with Gasteiger partial charge in [-0.2, -0.15) is 0 Å². The van der Waals surface area contributed by atoms with Crippen molar-refractivity contribution < 1.29 is 14.3 Å². The molecule has 3 rings (SSSR count).